The van der Waals surface area contributed by atoms with Gasteiger partial charge in [-0.05, 0) is 138 Å². The molecule has 128 heavy (non-hydrogen) atoms. The van der Waals surface area contributed by atoms with Gasteiger partial charge in [-0.3, -0.25) is 24.0 Å². The number of anilines is 3. The van der Waals surface area contributed by atoms with Crippen molar-refractivity contribution in [3.05, 3.63) is 89.6 Å². The average molecular weight is 1790 g/mol. The second-order valence-corrected chi connectivity index (χ2v) is 35.3. The Morgan fingerprint density at radius 2 is 1.47 bits per heavy atom. The zero-order valence-corrected chi connectivity index (χ0v) is 76.2. The molecule has 5 aliphatic heterocycles. The topological polar surface area (TPSA) is 448 Å². The highest BCUT2D eigenvalue weighted by atomic mass is 16.6. The first-order chi connectivity index (χ1) is 61.6. The summed E-state index contributed by atoms with van der Waals surface area (Å²) < 4.78 is 60.4. The highest BCUT2D eigenvalue weighted by Gasteiger charge is 2.53. The van der Waals surface area contributed by atoms with E-state index in [2.05, 4.69) is 31.9 Å². The van der Waals surface area contributed by atoms with E-state index in [1.807, 2.05) is 72.9 Å². The number of piperazine rings is 1. The zero-order valence-electron chi connectivity index (χ0n) is 76.2. The highest BCUT2D eigenvalue weighted by Crippen LogP contribution is 2.40. The van der Waals surface area contributed by atoms with Crippen molar-refractivity contribution in [2.24, 2.45) is 40.7 Å². The van der Waals surface area contributed by atoms with E-state index in [4.69, 9.17) is 78.4 Å². The van der Waals surface area contributed by atoms with Crippen LogP contribution in [0.4, 0.5) is 17.8 Å². The molecule has 1 aliphatic carbocycles. The Hall–Kier alpha value is -9.11. The number of nitrogens with two attached hydrogens (primary N) is 2. The number of aryl methyl sites for hydroxylation is 1. The van der Waals surface area contributed by atoms with Gasteiger partial charge in [0, 0.05) is 141 Å². The molecular weight excluding hydrogens is 1650 g/mol. The van der Waals surface area contributed by atoms with Crippen molar-refractivity contribution >= 4 is 80.9 Å². The molecule has 1 saturated carbocycles. The number of unbranched alkanes of at least 4 members (excludes halogenated alkanes) is 2. The second kappa shape index (κ2) is 48.7. The number of nitrogen functional groups attached to an aromatic ring is 2. The number of carbonyl (C=O) groups is 6. The number of allylic oxidation sites excluding steroid dienone is 5. The van der Waals surface area contributed by atoms with Crippen LogP contribution in [0.2, 0.25) is 0 Å². The first-order valence-corrected chi connectivity index (χ1v) is 45.7. The van der Waals surface area contributed by atoms with Gasteiger partial charge in [0.15, 0.2) is 17.8 Å². The molecule has 3 amide bonds. The van der Waals surface area contributed by atoms with Crippen molar-refractivity contribution in [2.45, 2.75) is 244 Å². The van der Waals surface area contributed by atoms with Crippen LogP contribution < -0.4 is 16.4 Å². The number of aliphatic hydroxyl groups is 4. The minimum absolute atomic E-state index is 0.00586. The summed E-state index contributed by atoms with van der Waals surface area (Å²) in [4.78, 5) is 119. The Kier molecular flexibility index (Phi) is 37.8. The molecule has 0 unspecified atom stereocenters. The number of methoxy groups -OCH3 is 3. The molecule has 4 aromatic heterocycles. The van der Waals surface area contributed by atoms with E-state index in [9.17, 15) is 49.2 Å². The van der Waals surface area contributed by atoms with Crippen molar-refractivity contribution in [3.8, 4) is 11.3 Å². The largest absolute Gasteiger partial charge is 0.460 e. The summed E-state index contributed by atoms with van der Waals surface area (Å²) in [6.07, 6.45) is 17.2. The van der Waals surface area contributed by atoms with Gasteiger partial charge in [0.1, 0.15) is 53.5 Å². The number of esters is 1. The van der Waals surface area contributed by atoms with E-state index in [0.717, 1.165) is 41.7 Å². The predicted molar refractivity (Wildman–Crippen MR) is 478 cm³/mol. The summed E-state index contributed by atoms with van der Waals surface area (Å²) >= 11 is 0. The van der Waals surface area contributed by atoms with E-state index in [0.29, 0.717) is 213 Å². The maximum absolute atomic E-state index is 14.8. The average Bonchev–Trinajstić information content (AvgIpc) is 1.56. The number of aromatic nitrogens is 7. The molecule has 8 N–H and O–H groups in total. The lowest BCUT2D eigenvalue weighted by Gasteiger charge is -2.43. The van der Waals surface area contributed by atoms with Crippen LogP contribution in [-0.4, -0.2) is 292 Å². The normalized spacial score (nSPS) is 28.5. The predicted octanol–water partition coefficient (Wildman–Crippen LogP) is 8.59. The number of Topliss-reactive ketones (excluding diaryl/α,β-unsaturated/α-hetero) is 2. The van der Waals surface area contributed by atoms with Crippen LogP contribution >= 0.6 is 0 Å². The van der Waals surface area contributed by atoms with E-state index < -0.39 is 90.7 Å². The van der Waals surface area contributed by atoms with Gasteiger partial charge in [-0.25, -0.2) is 29.4 Å². The van der Waals surface area contributed by atoms with Crippen LogP contribution in [0.5, 0.6) is 0 Å². The summed E-state index contributed by atoms with van der Waals surface area (Å²) in [5.74, 6) is -6.73. The number of rotatable bonds is 32. The molecule has 4 fully saturated rings. The lowest BCUT2D eigenvalue weighted by Crippen LogP contribution is -2.61. The fraction of sp³-hybridized carbons (Fsp3) is 0.667. The monoisotopic (exact) mass is 1790 g/mol. The highest BCUT2D eigenvalue weighted by molar-refractivity contribution is 6.39. The molecular formula is C93H136N14O21. The number of oxime groups is 1. The van der Waals surface area contributed by atoms with E-state index in [-0.39, 0.29) is 98.8 Å². The summed E-state index contributed by atoms with van der Waals surface area (Å²) in [6.45, 7) is 18.7. The maximum Gasteiger partial charge on any atom is 0.329 e. The molecule has 16 atom stereocenters. The zero-order chi connectivity index (χ0) is 91.6. The summed E-state index contributed by atoms with van der Waals surface area (Å²) in [5.41, 5.74) is 18.6. The van der Waals surface area contributed by atoms with Gasteiger partial charge >= 0.3 is 5.97 Å². The van der Waals surface area contributed by atoms with Gasteiger partial charge < -0.3 is 103 Å². The number of ether oxygens (including phenoxy) is 9. The van der Waals surface area contributed by atoms with E-state index in [1.165, 1.54) is 18.3 Å². The number of fused-ring (bicyclic) bond motifs is 6. The number of benzene rings is 1. The van der Waals surface area contributed by atoms with Crippen LogP contribution in [0.25, 0.3) is 33.4 Å². The molecule has 0 spiro atoms. The quantitative estimate of drug-likeness (QED) is 0.00771. The first-order valence-electron chi connectivity index (χ1n) is 45.7. The van der Waals surface area contributed by atoms with Crippen LogP contribution in [0.1, 0.15) is 175 Å². The lowest BCUT2D eigenvalue weighted by molar-refractivity contribution is -0.265. The standard InChI is InChI=1S/C93H136N14O21/c1-58-19-13-11-14-20-59(2)76(118-8)52-69-26-23-64(7)93(117,128-69)86(114)89(115)106-32-18-16-22-72(106)90(116)126-77(61(4)49-65-24-27-73(109)78(50-65)119-9)53-74(110)60(3)48-63(6)84(113)85(120-10)82(62(5)47-58)102-125-56-80(112)105-34-29-70-67(55-105)54-96-92(100-70)104-37-35-103(36-38-104)79(111)31-40-122-42-44-124-46-45-123-43-41-121-39-30-68(108)21-15-12-17-33-107-88-81(87(94)97-57-98-88)83(101-107)66-25-28-75-71(51-66)99-91(95)127-75/h11,13-14,19-20,25,28,48,51,54,57-58,60-62,64-65,69,72-74,76-78,84-85,109-110,113,117H,12,15-18,21-24,26-27,29-47,49-50,52-53,55-56H2,1-10H3,(H2,95,99)(H2,94,97,98)/b14-11+,19-13+,59-20+,63-48+,102-82?/t58-,60-,61-,62-,64-,65+,69+,72+,73-,74-,76+,77+,78-,84-,85+,93-/m1/s1. The number of amides is 3. The number of oxazole rings is 1. The van der Waals surface area contributed by atoms with Crippen LogP contribution in [0.15, 0.2) is 87.9 Å². The lowest BCUT2D eigenvalue weighted by atomic mass is 9.78. The van der Waals surface area contributed by atoms with Gasteiger partial charge in [0.25, 0.3) is 23.6 Å². The molecule has 6 aliphatic rings. The van der Waals surface area contributed by atoms with E-state index >= 15 is 0 Å². The first kappa shape index (κ1) is 99.5. The third-order valence-electron chi connectivity index (χ3n) is 25.9. The fourth-order valence-electron chi connectivity index (χ4n) is 18.1. The molecule has 5 aromatic rings. The maximum atomic E-state index is 14.8. The van der Waals surface area contributed by atoms with Crippen molar-refractivity contribution in [3.63, 3.8) is 0 Å². The van der Waals surface area contributed by atoms with Gasteiger partial charge in [-0.2, -0.15) is 10.1 Å². The molecule has 2 bridgehead atoms. The molecule has 35 nitrogen and oxygen atoms in total. The molecule has 1 aromatic carbocycles. The number of aliphatic hydroxyl groups excluding tert-OH is 3. The summed E-state index contributed by atoms with van der Waals surface area (Å²) in [6, 6.07) is 4.42. The Morgan fingerprint density at radius 3 is 2.20 bits per heavy atom. The number of nitrogens with zero attached hydrogens (tertiary/aromatic N) is 12. The van der Waals surface area contributed by atoms with Crippen molar-refractivity contribution in [1.29, 1.82) is 0 Å². The molecule has 3 saturated heterocycles. The third-order valence-corrected chi connectivity index (χ3v) is 25.9. The number of hydrogen-bond donors (Lipinski definition) is 6. The van der Waals surface area contributed by atoms with Gasteiger partial charge in [0.2, 0.25) is 17.6 Å². The Bertz CT molecular complexity index is 4640. The third kappa shape index (κ3) is 27.1. The SMILES string of the molecule is CO[C@H]1C[C@@H]2CC[C@@H](C)[C@@](O)(O2)C(=O)C(=O)N2CCCC[C@H]2C(=O)O[C@H]([C@H](C)C[C@@H]2CC[C@@H](O)[C@H](OC)C2)C[C@@H](O)[C@H](C)/C=C(\C)[C@@H](O)[C@@H](OC)C(=NOCC(=O)N2CCc3nc(N4CCN(C(=O)CCOCCOCCOCCOCCC(=O)CCCCCn5nc(-c6ccc7oc(N)nc7c6)c6c(N)ncnc65)CC4)ncc3C2)[C@H](C)C[C@H](C)/C=C/C=C/C=C/1C. The number of ketones is 2. The molecule has 0 radical (unpaired) electrons. The minimum atomic E-state index is -2.47. The Morgan fingerprint density at radius 1 is 0.727 bits per heavy atom. The number of cyclic esters (lactones) is 1. The Labute approximate surface area is 750 Å². The van der Waals surface area contributed by atoms with Crippen molar-refractivity contribution in [2.75, 3.05) is 136 Å². The second-order valence-electron chi connectivity index (χ2n) is 35.3. The number of piperidine rings is 1. The van der Waals surface area contributed by atoms with Crippen molar-refractivity contribution in [1.82, 2.24) is 49.4 Å². The van der Waals surface area contributed by atoms with Crippen molar-refractivity contribution < 1.29 is 101 Å². The van der Waals surface area contributed by atoms with Gasteiger partial charge in [-0.1, -0.05) is 82.7 Å². The van der Waals surface area contributed by atoms with Gasteiger partial charge in [-0.15, -0.1) is 0 Å². The van der Waals surface area contributed by atoms with Crippen LogP contribution in [0.3, 0.4) is 0 Å². The number of hydrogen-bond acceptors (Lipinski definition) is 31. The Balaban J connectivity index is 0.612. The van der Waals surface area contributed by atoms with E-state index in [1.54, 1.807) is 58.2 Å². The summed E-state index contributed by atoms with van der Waals surface area (Å²) in [7, 11) is 4.62. The van der Waals surface area contributed by atoms with Gasteiger partial charge in [0.05, 0.1) is 107 Å². The summed E-state index contributed by atoms with van der Waals surface area (Å²) in [5, 5.41) is 57.7. The minimum Gasteiger partial charge on any atom is -0.460 e. The molecule has 704 valence electrons. The smallest absolute Gasteiger partial charge is 0.329 e. The molecule has 9 heterocycles. The van der Waals surface area contributed by atoms with Crippen LogP contribution in [-0.2, 0) is 95.7 Å². The molecule has 11 rings (SSSR count). The molecule has 35 heteroatoms. The number of carbonyl (C=O) groups excluding carboxylic acids is 6. The van der Waals surface area contributed by atoms with Crippen LogP contribution in [0, 0.1) is 35.5 Å². The fourth-order valence-corrected chi connectivity index (χ4v) is 18.1.